The number of rotatable bonds is 8. The number of aryl methyl sites for hydroxylation is 1. The van der Waals surface area contributed by atoms with E-state index in [0.717, 1.165) is 11.1 Å². The number of hydrogen-bond acceptors (Lipinski definition) is 6. The van der Waals surface area contributed by atoms with Gasteiger partial charge in [0.2, 0.25) is 0 Å². The number of esters is 1. The lowest BCUT2D eigenvalue weighted by Gasteiger charge is -2.14. The van der Waals surface area contributed by atoms with Crippen molar-refractivity contribution in [3.63, 3.8) is 0 Å². The molecular formula is C25H25N3O6S. The zero-order chi connectivity index (χ0) is 25.4. The van der Waals surface area contributed by atoms with Crippen LogP contribution in [0.15, 0.2) is 83.8 Å². The molecule has 0 heterocycles. The average molecular weight is 496 g/mol. The van der Waals surface area contributed by atoms with E-state index in [-0.39, 0.29) is 17.0 Å². The van der Waals surface area contributed by atoms with Crippen molar-refractivity contribution in [3.05, 3.63) is 95.6 Å². The second-order valence-electron chi connectivity index (χ2n) is 7.70. The molecule has 1 unspecified atom stereocenters. The second-order valence-corrected chi connectivity index (χ2v) is 9.38. The molecule has 0 spiro atoms. The molecule has 3 aromatic rings. The Labute approximate surface area is 203 Å². The highest BCUT2D eigenvalue weighted by Gasteiger charge is 2.22. The van der Waals surface area contributed by atoms with Gasteiger partial charge < -0.3 is 10.1 Å². The van der Waals surface area contributed by atoms with E-state index < -0.39 is 34.0 Å². The number of nitrogens with one attached hydrogen (secondary N) is 3. The van der Waals surface area contributed by atoms with E-state index in [1.54, 1.807) is 24.3 Å². The first-order chi connectivity index (χ1) is 16.6. The number of imide groups is 1. The summed E-state index contributed by atoms with van der Waals surface area (Å²) in [5.41, 5.74) is 2.31. The maximum atomic E-state index is 12.6. The molecule has 0 aliphatic heterocycles. The number of carbonyl (C=O) groups excluding carboxylic acids is 3. The number of urea groups is 1. The number of carbonyl (C=O) groups is 3. The van der Waals surface area contributed by atoms with E-state index in [9.17, 15) is 22.8 Å². The smallest absolute Gasteiger partial charge is 0.338 e. The van der Waals surface area contributed by atoms with Gasteiger partial charge in [0, 0.05) is 12.2 Å². The molecule has 0 aliphatic carbocycles. The fourth-order valence-corrected chi connectivity index (χ4v) is 3.98. The predicted octanol–water partition coefficient (Wildman–Crippen LogP) is 3.37. The van der Waals surface area contributed by atoms with Gasteiger partial charge in [-0.1, -0.05) is 48.0 Å². The van der Waals surface area contributed by atoms with Gasteiger partial charge in [0.05, 0.1) is 10.5 Å². The Morgan fingerprint density at radius 2 is 1.51 bits per heavy atom. The van der Waals surface area contributed by atoms with Crippen LogP contribution in [0, 0.1) is 6.92 Å². The third kappa shape index (κ3) is 7.41. The van der Waals surface area contributed by atoms with Crippen LogP contribution < -0.4 is 15.4 Å². The monoisotopic (exact) mass is 495 g/mol. The highest BCUT2D eigenvalue weighted by molar-refractivity contribution is 7.92. The zero-order valence-electron chi connectivity index (χ0n) is 19.1. The first-order valence-electron chi connectivity index (χ1n) is 10.7. The number of anilines is 1. The Balaban J connectivity index is 1.52. The van der Waals surface area contributed by atoms with Crippen molar-refractivity contribution >= 4 is 33.6 Å². The molecule has 3 aromatic carbocycles. The Bertz CT molecular complexity index is 1290. The van der Waals surface area contributed by atoms with Crippen LogP contribution in [0.3, 0.4) is 0 Å². The van der Waals surface area contributed by atoms with E-state index in [1.807, 2.05) is 37.3 Å². The lowest BCUT2D eigenvalue weighted by Crippen LogP contribution is -2.44. The number of ether oxygens (including phenoxy) is 1. The van der Waals surface area contributed by atoms with Gasteiger partial charge in [0.15, 0.2) is 6.10 Å². The van der Waals surface area contributed by atoms with Crippen LogP contribution in [0.2, 0.25) is 0 Å². The van der Waals surface area contributed by atoms with Gasteiger partial charge in [0.25, 0.3) is 15.9 Å². The van der Waals surface area contributed by atoms with Crippen LogP contribution in [0.5, 0.6) is 0 Å². The Morgan fingerprint density at radius 1 is 0.886 bits per heavy atom. The Morgan fingerprint density at radius 3 is 2.14 bits per heavy atom. The van der Waals surface area contributed by atoms with Gasteiger partial charge >= 0.3 is 12.0 Å². The van der Waals surface area contributed by atoms with Gasteiger partial charge in [-0.2, -0.15) is 0 Å². The molecule has 0 saturated heterocycles. The molecular weight excluding hydrogens is 470 g/mol. The number of amides is 3. The maximum Gasteiger partial charge on any atom is 0.338 e. The van der Waals surface area contributed by atoms with Crippen molar-refractivity contribution in [2.45, 2.75) is 31.4 Å². The first-order valence-corrected chi connectivity index (χ1v) is 12.2. The molecule has 182 valence electrons. The molecule has 10 heteroatoms. The highest BCUT2D eigenvalue weighted by atomic mass is 32.2. The van der Waals surface area contributed by atoms with Gasteiger partial charge in [-0.05, 0) is 55.8 Å². The topological polar surface area (TPSA) is 131 Å². The van der Waals surface area contributed by atoms with Crippen molar-refractivity contribution in [1.82, 2.24) is 10.6 Å². The van der Waals surface area contributed by atoms with Crippen molar-refractivity contribution < 1.29 is 27.5 Å². The molecule has 0 aliphatic rings. The predicted molar refractivity (Wildman–Crippen MR) is 130 cm³/mol. The quantitative estimate of drug-likeness (QED) is 0.411. The van der Waals surface area contributed by atoms with Gasteiger partial charge in [-0.15, -0.1) is 0 Å². The fourth-order valence-electron chi connectivity index (χ4n) is 2.92. The molecule has 0 saturated carbocycles. The molecule has 3 rings (SSSR count). The minimum atomic E-state index is -3.85. The van der Waals surface area contributed by atoms with E-state index >= 15 is 0 Å². The molecule has 0 fully saturated rings. The van der Waals surface area contributed by atoms with Crippen LogP contribution in [0.4, 0.5) is 10.5 Å². The third-order valence-corrected chi connectivity index (χ3v) is 6.29. The van der Waals surface area contributed by atoms with E-state index in [1.165, 1.54) is 31.2 Å². The average Bonchev–Trinajstić information content (AvgIpc) is 2.84. The van der Waals surface area contributed by atoms with E-state index in [0.29, 0.717) is 5.69 Å². The lowest BCUT2D eigenvalue weighted by molar-refractivity contribution is -0.127. The minimum absolute atomic E-state index is 0.0458. The summed E-state index contributed by atoms with van der Waals surface area (Å²) in [6.45, 7) is 3.44. The summed E-state index contributed by atoms with van der Waals surface area (Å²) < 4.78 is 32.7. The summed E-state index contributed by atoms with van der Waals surface area (Å²) in [6.07, 6.45) is -1.25. The Kier molecular flexibility index (Phi) is 8.21. The zero-order valence-corrected chi connectivity index (χ0v) is 20.0. The third-order valence-electron chi connectivity index (χ3n) is 4.89. The molecule has 3 N–H and O–H groups in total. The minimum Gasteiger partial charge on any atom is -0.449 e. The van der Waals surface area contributed by atoms with Gasteiger partial charge in [-0.3, -0.25) is 14.8 Å². The SMILES string of the molecule is Cc1ccc(NS(=O)(=O)c2ccc(C(=O)OC(C)C(=O)NC(=O)NCc3ccccc3)cc2)cc1. The molecule has 35 heavy (non-hydrogen) atoms. The highest BCUT2D eigenvalue weighted by Crippen LogP contribution is 2.17. The normalized spacial score (nSPS) is 11.7. The lowest BCUT2D eigenvalue weighted by atomic mass is 10.2. The Hall–Kier alpha value is -4.18. The van der Waals surface area contributed by atoms with Gasteiger partial charge in [0.1, 0.15) is 0 Å². The van der Waals surface area contributed by atoms with Crippen LogP contribution in [-0.4, -0.2) is 32.4 Å². The summed E-state index contributed by atoms with van der Waals surface area (Å²) in [6, 6.07) is 20.3. The van der Waals surface area contributed by atoms with Crippen molar-refractivity contribution in [2.24, 2.45) is 0 Å². The fraction of sp³-hybridized carbons (Fsp3) is 0.160. The largest absolute Gasteiger partial charge is 0.449 e. The van der Waals surface area contributed by atoms with Crippen LogP contribution in [0.1, 0.15) is 28.4 Å². The summed E-state index contributed by atoms with van der Waals surface area (Å²) in [7, 11) is -3.85. The van der Waals surface area contributed by atoms with Crippen LogP contribution in [0.25, 0.3) is 0 Å². The van der Waals surface area contributed by atoms with Crippen LogP contribution >= 0.6 is 0 Å². The number of benzene rings is 3. The van der Waals surface area contributed by atoms with Crippen molar-refractivity contribution in [3.8, 4) is 0 Å². The molecule has 9 nitrogen and oxygen atoms in total. The van der Waals surface area contributed by atoms with Crippen molar-refractivity contribution in [1.29, 1.82) is 0 Å². The molecule has 1 atom stereocenters. The molecule has 0 radical (unpaired) electrons. The molecule has 0 aromatic heterocycles. The number of hydrogen-bond donors (Lipinski definition) is 3. The molecule has 3 amide bonds. The van der Waals surface area contributed by atoms with Gasteiger partial charge in [-0.25, -0.2) is 18.0 Å². The summed E-state index contributed by atoms with van der Waals surface area (Å²) >= 11 is 0. The van der Waals surface area contributed by atoms with Crippen molar-refractivity contribution in [2.75, 3.05) is 4.72 Å². The van der Waals surface area contributed by atoms with Crippen LogP contribution in [-0.2, 0) is 26.1 Å². The summed E-state index contributed by atoms with van der Waals surface area (Å²) in [4.78, 5) is 36.4. The maximum absolute atomic E-state index is 12.6. The number of sulfonamides is 1. The first kappa shape index (κ1) is 25.4. The molecule has 0 bridgehead atoms. The second kappa shape index (κ2) is 11.3. The van der Waals surface area contributed by atoms with E-state index in [4.69, 9.17) is 4.74 Å². The standard InChI is InChI=1S/C25H25N3O6S/c1-17-8-12-21(13-9-17)28-35(32,33)22-14-10-20(11-15-22)24(30)34-18(2)23(29)27-25(31)26-16-19-6-4-3-5-7-19/h3-15,18,28H,16H2,1-2H3,(H2,26,27,29,31). The van der Waals surface area contributed by atoms with E-state index in [2.05, 4.69) is 15.4 Å². The summed E-state index contributed by atoms with van der Waals surface area (Å²) in [5, 5.41) is 4.64. The summed E-state index contributed by atoms with van der Waals surface area (Å²) in [5.74, 6) is -1.64.